The monoisotopic (exact) mass is 229 g/mol. The topological polar surface area (TPSA) is 72.9 Å². The summed E-state index contributed by atoms with van der Waals surface area (Å²) in [4.78, 5) is 34.2. The predicted octanol–water partition coefficient (Wildman–Crippen LogP) is -0.286. The first kappa shape index (κ1) is 12.5. The second-order valence-electron chi connectivity index (χ2n) is 3.62. The molecule has 0 radical (unpaired) electrons. The van der Waals surface area contributed by atoms with Gasteiger partial charge in [-0.25, -0.2) is 0 Å². The quantitative estimate of drug-likeness (QED) is 0.619. The zero-order valence-corrected chi connectivity index (χ0v) is 9.39. The maximum Gasteiger partial charge on any atom is 0.302 e. The van der Waals surface area contributed by atoms with Gasteiger partial charge in [0.2, 0.25) is 5.91 Å². The van der Waals surface area contributed by atoms with Gasteiger partial charge in [0.05, 0.1) is 19.5 Å². The molecule has 0 aromatic heterocycles. The Morgan fingerprint density at radius 1 is 1.38 bits per heavy atom. The van der Waals surface area contributed by atoms with Gasteiger partial charge < -0.3 is 14.4 Å². The molecule has 0 aromatic rings. The van der Waals surface area contributed by atoms with Crippen molar-refractivity contribution in [1.82, 2.24) is 4.90 Å². The Kier molecular flexibility index (Phi) is 4.28. The number of amides is 1. The van der Waals surface area contributed by atoms with Gasteiger partial charge in [0.25, 0.3) is 0 Å². The van der Waals surface area contributed by atoms with Gasteiger partial charge in [-0.2, -0.15) is 0 Å². The summed E-state index contributed by atoms with van der Waals surface area (Å²) in [5.41, 5.74) is 0. The SMILES string of the molecule is CC(=O)OCCN1CC(OC(C)=O)CC1=O. The smallest absolute Gasteiger partial charge is 0.302 e. The van der Waals surface area contributed by atoms with E-state index in [1.165, 1.54) is 18.7 Å². The molecule has 16 heavy (non-hydrogen) atoms. The van der Waals surface area contributed by atoms with E-state index in [0.717, 1.165) is 0 Å². The number of rotatable bonds is 4. The lowest BCUT2D eigenvalue weighted by atomic mass is 10.3. The van der Waals surface area contributed by atoms with Gasteiger partial charge in [-0.15, -0.1) is 0 Å². The molecule has 6 heteroatoms. The van der Waals surface area contributed by atoms with Crippen LogP contribution in [-0.4, -0.2) is 48.5 Å². The number of hydrogen-bond acceptors (Lipinski definition) is 5. The fourth-order valence-electron chi connectivity index (χ4n) is 1.57. The summed E-state index contributed by atoms with van der Waals surface area (Å²) in [7, 11) is 0. The molecule has 0 bridgehead atoms. The first-order chi connectivity index (χ1) is 7.49. The van der Waals surface area contributed by atoms with Crippen molar-refractivity contribution < 1.29 is 23.9 Å². The summed E-state index contributed by atoms with van der Waals surface area (Å²) in [6, 6.07) is 0. The first-order valence-electron chi connectivity index (χ1n) is 5.07. The van der Waals surface area contributed by atoms with Gasteiger partial charge in [0.1, 0.15) is 12.7 Å². The van der Waals surface area contributed by atoms with E-state index < -0.39 is 0 Å². The highest BCUT2D eigenvalue weighted by molar-refractivity contribution is 5.79. The highest BCUT2D eigenvalue weighted by atomic mass is 16.5. The summed E-state index contributed by atoms with van der Waals surface area (Å²) in [6.45, 7) is 3.52. The van der Waals surface area contributed by atoms with Gasteiger partial charge in [0.15, 0.2) is 0 Å². The van der Waals surface area contributed by atoms with Crippen molar-refractivity contribution in [2.24, 2.45) is 0 Å². The van der Waals surface area contributed by atoms with E-state index in [1.54, 1.807) is 0 Å². The molecule has 1 rings (SSSR count). The summed E-state index contributed by atoms with van der Waals surface area (Å²) in [5, 5.41) is 0. The van der Waals surface area contributed by atoms with Crippen LogP contribution in [-0.2, 0) is 23.9 Å². The van der Waals surface area contributed by atoms with Crippen molar-refractivity contribution in [3.05, 3.63) is 0 Å². The molecule has 0 aliphatic carbocycles. The van der Waals surface area contributed by atoms with Crippen molar-refractivity contribution >= 4 is 17.8 Å². The Hall–Kier alpha value is -1.59. The fourth-order valence-corrected chi connectivity index (χ4v) is 1.57. The number of likely N-dealkylation sites (tertiary alicyclic amines) is 1. The Morgan fingerprint density at radius 2 is 2.06 bits per heavy atom. The third-order valence-electron chi connectivity index (χ3n) is 2.18. The molecule has 1 saturated heterocycles. The number of nitrogens with zero attached hydrogens (tertiary/aromatic N) is 1. The van der Waals surface area contributed by atoms with Crippen LogP contribution in [0.5, 0.6) is 0 Å². The molecule has 0 saturated carbocycles. The van der Waals surface area contributed by atoms with Crippen LogP contribution in [0.1, 0.15) is 20.3 Å². The number of carbonyl (C=O) groups excluding carboxylic acids is 3. The molecule has 90 valence electrons. The minimum atomic E-state index is -0.389. The molecule has 1 aliphatic rings. The second kappa shape index (κ2) is 5.48. The molecule has 0 N–H and O–H groups in total. The molecule has 1 fully saturated rings. The molecule has 6 nitrogen and oxygen atoms in total. The Morgan fingerprint density at radius 3 is 2.62 bits per heavy atom. The van der Waals surface area contributed by atoms with Gasteiger partial charge in [-0.05, 0) is 0 Å². The van der Waals surface area contributed by atoms with E-state index in [1.807, 2.05) is 0 Å². The lowest BCUT2D eigenvalue weighted by Gasteiger charge is -2.15. The highest BCUT2D eigenvalue weighted by Gasteiger charge is 2.31. The molecule has 0 aromatic carbocycles. The second-order valence-corrected chi connectivity index (χ2v) is 3.62. The molecular weight excluding hydrogens is 214 g/mol. The maximum atomic E-state index is 11.4. The fraction of sp³-hybridized carbons (Fsp3) is 0.700. The summed E-state index contributed by atoms with van der Waals surface area (Å²) < 4.78 is 9.66. The summed E-state index contributed by atoms with van der Waals surface area (Å²) >= 11 is 0. The standard InChI is InChI=1S/C10H15NO5/c1-7(12)15-4-3-11-6-9(5-10(11)14)16-8(2)13/h9H,3-6H2,1-2H3. The van der Waals surface area contributed by atoms with E-state index >= 15 is 0 Å². The van der Waals surface area contributed by atoms with Crippen LogP contribution in [0.25, 0.3) is 0 Å². The summed E-state index contributed by atoms with van der Waals surface area (Å²) in [5.74, 6) is -0.846. The van der Waals surface area contributed by atoms with E-state index in [2.05, 4.69) is 0 Å². The highest BCUT2D eigenvalue weighted by Crippen LogP contribution is 2.13. The molecule has 1 aliphatic heterocycles. The Labute approximate surface area is 93.5 Å². The summed E-state index contributed by atoms with van der Waals surface area (Å²) in [6.07, 6.45) is -0.165. The molecule has 1 heterocycles. The average Bonchev–Trinajstić information content (AvgIpc) is 2.45. The van der Waals surface area contributed by atoms with Gasteiger partial charge >= 0.3 is 11.9 Å². The van der Waals surface area contributed by atoms with Crippen LogP contribution < -0.4 is 0 Å². The molecule has 0 spiro atoms. The van der Waals surface area contributed by atoms with E-state index in [9.17, 15) is 14.4 Å². The Bertz CT molecular complexity index is 302. The van der Waals surface area contributed by atoms with Crippen molar-refractivity contribution in [3.63, 3.8) is 0 Å². The third-order valence-corrected chi connectivity index (χ3v) is 2.18. The van der Waals surface area contributed by atoms with Crippen LogP contribution in [0.3, 0.4) is 0 Å². The lowest BCUT2D eigenvalue weighted by molar-refractivity contribution is -0.145. The molecule has 1 unspecified atom stereocenters. The van der Waals surface area contributed by atoms with Crippen molar-refractivity contribution in [2.75, 3.05) is 19.7 Å². The largest absolute Gasteiger partial charge is 0.464 e. The molecule has 1 amide bonds. The maximum absolute atomic E-state index is 11.4. The van der Waals surface area contributed by atoms with Crippen LogP contribution in [0, 0.1) is 0 Å². The van der Waals surface area contributed by atoms with Crippen molar-refractivity contribution in [2.45, 2.75) is 26.4 Å². The minimum absolute atomic E-state index is 0.0848. The zero-order valence-electron chi connectivity index (χ0n) is 9.39. The predicted molar refractivity (Wildman–Crippen MR) is 53.4 cm³/mol. The van der Waals surface area contributed by atoms with Crippen molar-refractivity contribution in [3.8, 4) is 0 Å². The van der Waals surface area contributed by atoms with Gasteiger partial charge in [-0.1, -0.05) is 0 Å². The number of esters is 2. The van der Waals surface area contributed by atoms with Crippen LogP contribution >= 0.6 is 0 Å². The number of carbonyl (C=O) groups is 3. The van der Waals surface area contributed by atoms with E-state index in [4.69, 9.17) is 9.47 Å². The first-order valence-corrected chi connectivity index (χ1v) is 5.07. The third kappa shape index (κ3) is 3.88. The van der Waals surface area contributed by atoms with E-state index in [-0.39, 0.29) is 37.0 Å². The average molecular weight is 229 g/mol. The van der Waals surface area contributed by atoms with E-state index in [0.29, 0.717) is 13.1 Å². The minimum Gasteiger partial charge on any atom is -0.464 e. The zero-order chi connectivity index (χ0) is 12.1. The Balaban J connectivity index is 2.31. The van der Waals surface area contributed by atoms with Gasteiger partial charge in [-0.3, -0.25) is 14.4 Å². The normalized spacial score (nSPS) is 19.8. The number of hydrogen-bond donors (Lipinski definition) is 0. The lowest BCUT2D eigenvalue weighted by Crippen LogP contribution is -2.30. The van der Waals surface area contributed by atoms with Crippen LogP contribution in [0.4, 0.5) is 0 Å². The molecule has 1 atom stereocenters. The van der Waals surface area contributed by atoms with Crippen LogP contribution in [0.2, 0.25) is 0 Å². The van der Waals surface area contributed by atoms with Crippen molar-refractivity contribution in [1.29, 1.82) is 0 Å². The molecular formula is C10H15NO5. The number of ether oxygens (including phenoxy) is 2. The van der Waals surface area contributed by atoms with Crippen LogP contribution in [0.15, 0.2) is 0 Å². The van der Waals surface area contributed by atoms with Gasteiger partial charge in [0, 0.05) is 13.8 Å².